The van der Waals surface area contributed by atoms with Gasteiger partial charge < -0.3 is 19.1 Å². The average molecular weight is 263 g/mol. The number of methoxy groups -OCH3 is 2. The van der Waals surface area contributed by atoms with E-state index in [2.05, 4.69) is 0 Å². The number of aliphatic carboxylic acids is 1. The monoisotopic (exact) mass is 263 g/mol. The first-order chi connectivity index (χ1) is 9.01. The molecule has 1 heterocycles. The summed E-state index contributed by atoms with van der Waals surface area (Å²) in [6, 6.07) is 3.62. The van der Waals surface area contributed by atoms with E-state index < -0.39 is 5.97 Å². The molecule has 0 saturated carbocycles. The fourth-order valence-corrected chi connectivity index (χ4v) is 2.43. The summed E-state index contributed by atoms with van der Waals surface area (Å²) in [5.41, 5.74) is 2.52. The molecule has 0 amide bonds. The topological polar surface area (TPSA) is 60.7 Å². The molecule has 0 aliphatic heterocycles. The molecular formula is C14H17NO4. The maximum atomic E-state index is 11.0. The van der Waals surface area contributed by atoms with Crippen molar-refractivity contribution in [2.45, 2.75) is 13.3 Å². The Bertz CT molecular complexity index is 643. The van der Waals surface area contributed by atoms with Crippen LogP contribution in [0.3, 0.4) is 0 Å². The Balaban J connectivity index is 2.88. The number of nitrogens with zero attached hydrogens (tertiary/aromatic N) is 1. The average Bonchev–Trinajstić information content (AvgIpc) is 2.63. The highest BCUT2D eigenvalue weighted by atomic mass is 16.5. The molecule has 0 unspecified atom stereocenters. The zero-order chi connectivity index (χ0) is 14.2. The first-order valence-electron chi connectivity index (χ1n) is 5.91. The van der Waals surface area contributed by atoms with Crippen LogP contribution >= 0.6 is 0 Å². The van der Waals surface area contributed by atoms with Crippen LogP contribution in [0.25, 0.3) is 10.9 Å². The van der Waals surface area contributed by atoms with Crippen molar-refractivity contribution in [3.05, 3.63) is 23.4 Å². The van der Waals surface area contributed by atoms with E-state index in [1.54, 1.807) is 20.3 Å². The molecule has 0 atom stereocenters. The summed E-state index contributed by atoms with van der Waals surface area (Å²) in [5.74, 6) is 0.509. The van der Waals surface area contributed by atoms with Gasteiger partial charge in [-0.25, -0.2) is 0 Å². The lowest BCUT2D eigenvalue weighted by Crippen LogP contribution is -2.02. The predicted octanol–water partition coefficient (Wildman–Crippen LogP) is 2.13. The molecular weight excluding hydrogens is 246 g/mol. The Hall–Kier alpha value is -2.17. The summed E-state index contributed by atoms with van der Waals surface area (Å²) in [7, 11) is 5.07. The van der Waals surface area contributed by atoms with Crippen LogP contribution in [0.5, 0.6) is 11.5 Å². The lowest BCUT2D eigenvalue weighted by atomic mass is 10.1. The minimum Gasteiger partial charge on any atom is -0.496 e. The number of aromatic nitrogens is 1. The molecule has 1 N–H and O–H groups in total. The molecule has 0 aliphatic carbocycles. The van der Waals surface area contributed by atoms with Crippen molar-refractivity contribution in [1.82, 2.24) is 4.57 Å². The smallest absolute Gasteiger partial charge is 0.307 e. The Morgan fingerprint density at radius 3 is 2.37 bits per heavy atom. The van der Waals surface area contributed by atoms with Gasteiger partial charge in [-0.3, -0.25) is 4.79 Å². The first kappa shape index (κ1) is 13.3. The van der Waals surface area contributed by atoms with Gasteiger partial charge in [-0.05, 0) is 24.6 Å². The Morgan fingerprint density at radius 1 is 1.26 bits per heavy atom. The molecule has 1 aromatic carbocycles. The summed E-state index contributed by atoms with van der Waals surface area (Å²) in [4.78, 5) is 11.0. The van der Waals surface area contributed by atoms with Crippen LogP contribution in [0, 0.1) is 6.92 Å². The zero-order valence-electron chi connectivity index (χ0n) is 11.5. The number of fused-ring (bicyclic) bond motifs is 1. The van der Waals surface area contributed by atoms with Gasteiger partial charge in [-0.2, -0.15) is 0 Å². The Morgan fingerprint density at radius 2 is 1.84 bits per heavy atom. The van der Waals surface area contributed by atoms with Gasteiger partial charge in [0.15, 0.2) is 0 Å². The second-order valence-electron chi connectivity index (χ2n) is 4.39. The summed E-state index contributed by atoms with van der Waals surface area (Å²) >= 11 is 0. The zero-order valence-corrected chi connectivity index (χ0v) is 11.5. The second kappa shape index (κ2) is 4.84. The van der Waals surface area contributed by atoms with E-state index in [0.29, 0.717) is 11.5 Å². The molecule has 102 valence electrons. The normalized spacial score (nSPS) is 10.7. The Kier molecular flexibility index (Phi) is 3.38. The van der Waals surface area contributed by atoms with Crippen LogP contribution in [0.15, 0.2) is 12.1 Å². The summed E-state index contributed by atoms with van der Waals surface area (Å²) in [6.07, 6.45) is -0.0350. The molecule has 19 heavy (non-hydrogen) atoms. The number of aryl methyl sites for hydroxylation is 1. The van der Waals surface area contributed by atoms with Gasteiger partial charge >= 0.3 is 5.97 Å². The number of ether oxygens (including phenoxy) is 2. The van der Waals surface area contributed by atoms with Crippen molar-refractivity contribution < 1.29 is 19.4 Å². The van der Waals surface area contributed by atoms with E-state index in [1.165, 1.54) is 0 Å². The van der Waals surface area contributed by atoms with Crippen LogP contribution in [0.1, 0.15) is 11.3 Å². The second-order valence-corrected chi connectivity index (χ2v) is 4.39. The van der Waals surface area contributed by atoms with Gasteiger partial charge in [0.2, 0.25) is 0 Å². The van der Waals surface area contributed by atoms with Crippen molar-refractivity contribution in [3.8, 4) is 11.5 Å². The third kappa shape index (κ3) is 2.01. The molecule has 1 aromatic heterocycles. The van der Waals surface area contributed by atoms with Crippen LogP contribution in [-0.2, 0) is 18.3 Å². The van der Waals surface area contributed by atoms with Crippen LogP contribution in [-0.4, -0.2) is 29.9 Å². The summed E-state index contributed by atoms with van der Waals surface area (Å²) in [5, 5.41) is 9.88. The van der Waals surface area contributed by atoms with E-state index in [-0.39, 0.29) is 6.42 Å². The third-order valence-corrected chi connectivity index (χ3v) is 3.45. The predicted molar refractivity (Wildman–Crippen MR) is 72.1 cm³/mol. The van der Waals surface area contributed by atoms with Crippen LogP contribution < -0.4 is 9.47 Å². The van der Waals surface area contributed by atoms with Crippen molar-refractivity contribution in [2.24, 2.45) is 7.05 Å². The quantitative estimate of drug-likeness (QED) is 0.918. The lowest BCUT2D eigenvalue weighted by Gasteiger charge is -2.08. The largest absolute Gasteiger partial charge is 0.496 e. The molecule has 0 spiro atoms. The minimum atomic E-state index is -0.861. The van der Waals surface area contributed by atoms with Crippen molar-refractivity contribution in [2.75, 3.05) is 14.2 Å². The number of carbonyl (C=O) groups is 1. The highest BCUT2D eigenvalue weighted by molar-refractivity contribution is 5.97. The maximum absolute atomic E-state index is 11.0. The van der Waals surface area contributed by atoms with Gasteiger partial charge in [-0.15, -0.1) is 0 Å². The molecule has 2 aromatic rings. The number of benzene rings is 1. The van der Waals surface area contributed by atoms with Crippen LogP contribution in [0.4, 0.5) is 0 Å². The van der Waals surface area contributed by atoms with Gasteiger partial charge in [0.05, 0.1) is 26.2 Å². The molecule has 0 aliphatic rings. The minimum absolute atomic E-state index is 0.0350. The molecule has 2 rings (SSSR count). The molecule has 5 nitrogen and oxygen atoms in total. The molecule has 0 saturated heterocycles. The van der Waals surface area contributed by atoms with E-state index in [1.807, 2.05) is 24.6 Å². The van der Waals surface area contributed by atoms with E-state index in [0.717, 1.165) is 22.2 Å². The summed E-state index contributed by atoms with van der Waals surface area (Å²) < 4.78 is 12.7. The number of hydrogen-bond donors (Lipinski definition) is 1. The molecule has 0 bridgehead atoms. The highest BCUT2D eigenvalue weighted by Crippen LogP contribution is 2.38. The first-order valence-corrected chi connectivity index (χ1v) is 5.91. The van der Waals surface area contributed by atoms with E-state index >= 15 is 0 Å². The van der Waals surface area contributed by atoms with Gasteiger partial charge in [0, 0.05) is 18.1 Å². The van der Waals surface area contributed by atoms with Crippen molar-refractivity contribution in [1.29, 1.82) is 0 Å². The van der Waals surface area contributed by atoms with E-state index in [9.17, 15) is 4.79 Å². The van der Waals surface area contributed by atoms with Crippen LogP contribution in [0.2, 0.25) is 0 Å². The van der Waals surface area contributed by atoms with Gasteiger partial charge in [-0.1, -0.05) is 0 Å². The van der Waals surface area contributed by atoms with Gasteiger partial charge in [0.1, 0.15) is 11.5 Å². The fraction of sp³-hybridized carbons (Fsp3) is 0.357. The molecule has 0 fully saturated rings. The number of carboxylic acid groups (broad SMARTS) is 1. The SMILES string of the molecule is COc1ccc(OC)c2c1c(CC(=O)O)c(C)n2C. The fourth-order valence-electron chi connectivity index (χ4n) is 2.43. The number of rotatable bonds is 4. The number of hydrogen-bond acceptors (Lipinski definition) is 3. The Labute approximate surface area is 111 Å². The third-order valence-electron chi connectivity index (χ3n) is 3.45. The summed E-state index contributed by atoms with van der Waals surface area (Å²) in [6.45, 7) is 1.90. The standard InChI is InChI=1S/C14H17NO4/c1-8-9(7-12(16)17)13-10(18-3)5-6-11(19-4)14(13)15(8)2/h5-6H,7H2,1-4H3,(H,16,17). The number of carboxylic acids is 1. The molecule has 5 heteroatoms. The maximum Gasteiger partial charge on any atom is 0.307 e. The van der Waals surface area contributed by atoms with E-state index in [4.69, 9.17) is 14.6 Å². The van der Waals surface area contributed by atoms with Crippen molar-refractivity contribution in [3.63, 3.8) is 0 Å². The molecule has 0 radical (unpaired) electrons. The highest BCUT2D eigenvalue weighted by Gasteiger charge is 2.20. The van der Waals surface area contributed by atoms with Gasteiger partial charge in [0.25, 0.3) is 0 Å². The van der Waals surface area contributed by atoms with Crippen molar-refractivity contribution >= 4 is 16.9 Å². The lowest BCUT2D eigenvalue weighted by molar-refractivity contribution is -0.136.